The molecule has 2 aromatic carbocycles. The molecule has 2 aromatic rings. The minimum atomic E-state index is -4.37. The first-order chi connectivity index (χ1) is 13.6. The van der Waals surface area contributed by atoms with Gasteiger partial charge in [-0.05, 0) is 36.2 Å². The fourth-order valence-electron chi connectivity index (χ4n) is 2.46. The van der Waals surface area contributed by atoms with E-state index in [1.54, 1.807) is 24.3 Å². The Bertz CT molecular complexity index is 949. The molecular weight excluding hydrogens is 532 g/mol. The van der Waals surface area contributed by atoms with Crippen LogP contribution in [0.3, 0.4) is 0 Å². The normalized spacial score (nSPS) is 12.1. The van der Waals surface area contributed by atoms with Crippen LogP contribution >= 0.6 is 24.0 Å². The van der Waals surface area contributed by atoms with Crippen LogP contribution in [0.4, 0.5) is 18.9 Å². The smallest absolute Gasteiger partial charge is 0.357 e. The van der Waals surface area contributed by atoms with Gasteiger partial charge in [-0.1, -0.05) is 30.3 Å². The summed E-state index contributed by atoms with van der Waals surface area (Å²) < 4.78 is 63.4. The number of nitrogens with one attached hydrogen (secondary N) is 3. The summed E-state index contributed by atoms with van der Waals surface area (Å²) in [7, 11) is -3.41. The number of aliphatic imine (C=N–C) groups is 1. The van der Waals surface area contributed by atoms with Gasteiger partial charge < -0.3 is 10.6 Å². The number of anilines is 1. The number of rotatable bonds is 7. The molecule has 166 valence electrons. The molecule has 11 heteroatoms. The lowest BCUT2D eigenvalue weighted by Crippen LogP contribution is -2.37. The van der Waals surface area contributed by atoms with E-state index in [0.29, 0.717) is 30.3 Å². The van der Waals surface area contributed by atoms with E-state index < -0.39 is 21.8 Å². The van der Waals surface area contributed by atoms with E-state index in [9.17, 15) is 21.6 Å². The molecule has 0 fully saturated rings. The van der Waals surface area contributed by atoms with Gasteiger partial charge in [0, 0.05) is 13.1 Å². The molecule has 0 aliphatic rings. The van der Waals surface area contributed by atoms with Gasteiger partial charge in [-0.15, -0.1) is 24.0 Å². The van der Waals surface area contributed by atoms with E-state index in [1.807, 2.05) is 6.92 Å². The van der Waals surface area contributed by atoms with Crippen LogP contribution in [-0.4, -0.2) is 27.2 Å². The van der Waals surface area contributed by atoms with Gasteiger partial charge >= 0.3 is 6.18 Å². The fourth-order valence-corrected chi connectivity index (χ4v) is 3.06. The summed E-state index contributed by atoms with van der Waals surface area (Å²) in [6.45, 7) is 2.96. The van der Waals surface area contributed by atoms with Gasteiger partial charge in [-0.2, -0.15) is 13.2 Å². The van der Waals surface area contributed by atoms with Gasteiger partial charge in [0.2, 0.25) is 10.0 Å². The van der Waals surface area contributed by atoms with Crippen molar-refractivity contribution in [2.75, 3.05) is 17.5 Å². The second-order valence-corrected chi connectivity index (χ2v) is 8.02. The highest BCUT2D eigenvalue weighted by molar-refractivity contribution is 14.0. The second kappa shape index (κ2) is 11.4. The van der Waals surface area contributed by atoms with Crippen LogP contribution in [0.2, 0.25) is 0 Å². The van der Waals surface area contributed by atoms with Crippen LogP contribution in [0.1, 0.15) is 23.6 Å². The molecule has 0 saturated heterocycles. The number of benzene rings is 2. The molecular formula is C19H24F3IN4O2S. The van der Waals surface area contributed by atoms with E-state index in [0.717, 1.165) is 24.0 Å². The standard InChI is InChI=1S/C19H23F3N4O2S.HI/c1-3-23-18(24-12-14-8-10-16(11-9-14)19(20,21)22)25-13-15-6-4-5-7-17(15)26-29(2,27)28;/h4-11,26H,3,12-13H2,1-2H3,(H2,23,24,25);1H. The Hall–Kier alpha value is -2.02. The SMILES string of the molecule is CCNC(=NCc1ccc(C(F)(F)F)cc1)NCc1ccccc1NS(C)(=O)=O.I. The zero-order valence-electron chi connectivity index (χ0n) is 16.5. The molecule has 30 heavy (non-hydrogen) atoms. The highest BCUT2D eigenvalue weighted by Crippen LogP contribution is 2.29. The fraction of sp³-hybridized carbons (Fsp3) is 0.316. The molecule has 0 atom stereocenters. The summed E-state index contributed by atoms with van der Waals surface area (Å²) in [4.78, 5) is 4.37. The third kappa shape index (κ3) is 8.78. The number of hydrogen-bond acceptors (Lipinski definition) is 3. The summed E-state index contributed by atoms with van der Waals surface area (Å²) >= 11 is 0. The summed E-state index contributed by atoms with van der Waals surface area (Å²) in [5.41, 5.74) is 1.11. The van der Waals surface area contributed by atoms with E-state index in [1.165, 1.54) is 12.1 Å². The minimum Gasteiger partial charge on any atom is -0.357 e. The molecule has 0 radical (unpaired) electrons. The van der Waals surface area contributed by atoms with Crippen molar-refractivity contribution in [1.29, 1.82) is 0 Å². The van der Waals surface area contributed by atoms with Crippen molar-refractivity contribution in [3.63, 3.8) is 0 Å². The van der Waals surface area contributed by atoms with Crippen LogP contribution in [0.25, 0.3) is 0 Å². The predicted molar refractivity (Wildman–Crippen MR) is 123 cm³/mol. The topological polar surface area (TPSA) is 82.6 Å². The Balaban J connectivity index is 0.00000450. The van der Waals surface area contributed by atoms with E-state index in [-0.39, 0.29) is 30.5 Å². The molecule has 0 aromatic heterocycles. The lowest BCUT2D eigenvalue weighted by Gasteiger charge is -2.14. The van der Waals surface area contributed by atoms with Gasteiger partial charge in [-0.25, -0.2) is 13.4 Å². The van der Waals surface area contributed by atoms with Crippen molar-refractivity contribution in [3.8, 4) is 0 Å². The molecule has 3 N–H and O–H groups in total. The van der Waals surface area contributed by atoms with E-state index >= 15 is 0 Å². The van der Waals surface area contributed by atoms with Crippen LogP contribution in [0, 0.1) is 0 Å². The van der Waals surface area contributed by atoms with Gasteiger partial charge in [0.15, 0.2) is 5.96 Å². The molecule has 0 aliphatic carbocycles. The maximum absolute atomic E-state index is 12.6. The Morgan fingerprint density at radius 3 is 2.23 bits per heavy atom. The predicted octanol–water partition coefficient (Wildman–Crippen LogP) is 3.95. The summed E-state index contributed by atoms with van der Waals surface area (Å²) in [5.74, 6) is 0.460. The van der Waals surface area contributed by atoms with Crippen LogP contribution in [0.15, 0.2) is 53.5 Å². The van der Waals surface area contributed by atoms with Crippen molar-refractivity contribution < 1.29 is 21.6 Å². The number of para-hydroxylation sites is 1. The summed E-state index contributed by atoms with van der Waals surface area (Å²) in [6, 6.07) is 11.8. The first-order valence-electron chi connectivity index (χ1n) is 8.82. The summed E-state index contributed by atoms with van der Waals surface area (Å²) in [5, 5.41) is 6.14. The second-order valence-electron chi connectivity index (χ2n) is 6.27. The van der Waals surface area contributed by atoms with Crippen molar-refractivity contribution in [1.82, 2.24) is 10.6 Å². The Morgan fingerprint density at radius 2 is 1.67 bits per heavy atom. The Labute approximate surface area is 191 Å². The summed E-state index contributed by atoms with van der Waals surface area (Å²) in [6.07, 6.45) is -3.29. The average molecular weight is 556 g/mol. The number of guanidine groups is 1. The average Bonchev–Trinajstić information content (AvgIpc) is 2.63. The molecule has 0 heterocycles. The largest absolute Gasteiger partial charge is 0.416 e. The van der Waals surface area contributed by atoms with E-state index in [4.69, 9.17) is 0 Å². The number of hydrogen-bond donors (Lipinski definition) is 3. The lowest BCUT2D eigenvalue weighted by molar-refractivity contribution is -0.137. The molecule has 0 unspecified atom stereocenters. The maximum atomic E-state index is 12.6. The molecule has 2 rings (SSSR count). The zero-order valence-corrected chi connectivity index (χ0v) is 19.6. The molecule has 0 amide bonds. The van der Waals surface area contributed by atoms with Gasteiger partial charge in [0.1, 0.15) is 0 Å². The first kappa shape index (κ1) is 26.0. The maximum Gasteiger partial charge on any atom is 0.416 e. The molecule has 6 nitrogen and oxygen atoms in total. The van der Waals surface area contributed by atoms with Crippen molar-refractivity contribution in [2.24, 2.45) is 4.99 Å². The van der Waals surface area contributed by atoms with Crippen LogP contribution in [0.5, 0.6) is 0 Å². The van der Waals surface area contributed by atoms with Gasteiger partial charge in [-0.3, -0.25) is 4.72 Å². The molecule has 0 spiro atoms. The van der Waals surface area contributed by atoms with Gasteiger partial charge in [0.25, 0.3) is 0 Å². The van der Waals surface area contributed by atoms with E-state index in [2.05, 4.69) is 20.3 Å². The number of nitrogens with zero attached hydrogens (tertiary/aromatic N) is 1. The number of halogens is 4. The number of alkyl halides is 3. The van der Waals surface area contributed by atoms with Crippen molar-refractivity contribution in [2.45, 2.75) is 26.2 Å². The third-order valence-electron chi connectivity index (χ3n) is 3.80. The Morgan fingerprint density at radius 1 is 1.03 bits per heavy atom. The van der Waals surface area contributed by atoms with Crippen molar-refractivity contribution >= 4 is 45.6 Å². The van der Waals surface area contributed by atoms with Crippen LogP contribution in [-0.2, 0) is 29.3 Å². The monoisotopic (exact) mass is 556 g/mol. The molecule has 0 saturated carbocycles. The quantitative estimate of drug-likeness (QED) is 0.274. The minimum absolute atomic E-state index is 0. The molecule has 0 aliphatic heterocycles. The third-order valence-corrected chi connectivity index (χ3v) is 4.39. The highest BCUT2D eigenvalue weighted by atomic mass is 127. The molecule has 0 bridgehead atoms. The first-order valence-corrected chi connectivity index (χ1v) is 10.7. The number of sulfonamides is 1. The van der Waals surface area contributed by atoms with Gasteiger partial charge in [0.05, 0.1) is 24.1 Å². The highest BCUT2D eigenvalue weighted by Gasteiger charge is 2.29. The van der Waals surface area contributed by atoms with Crippen molar-refractivity contribution in [3.05, 3.63) is 65.2 Å². The van der Waals surface area contributed by atoms with Crippen LogP contribution < -0.4 is 15.4 Å². The zero-order chi connectivity index (χ0) is 21.5. The lowest BCUT2D eigenvalue weighted by atomic mass is 10.1. The Kier molecular flexibility index (Phi) is 9.88.